The SMILES string of the molecule is CC(C)(C)OC(=O)N1CC2COCCC2(C(=O)O)C1. The molecule has 1 N–H and O–H groups in total. The van der Waals surface area contributed by atoms with E-state index < -0.39 is 23.1 Å². The molecule has 6 nitrogen and oxygen atoms in total. The quantitative estimate of drug-likeness (QED) is 0.779. The predicted molar refractivity (Wildman–Crippen MR) is 66.8 cm³/mol. The topological polar surface area (TPSA) is 76.1 Å². The van der Waals surface area contributed by atoms with Crippen LogP contribution < -0.4 is 0 Å². The molecule has 0 aromatic rings. The van der Waals surface area contributed by atoms with Crippen molar-refractivity contribution in [2.45, 2.75) is 32.8 Å². The maximum Gasteiger partial charge on any atom is 0.410 e. The largest absolute Gasteiger partial charge is 0.481 e. The molecule has 2 aliphatic heterocycles. The lowest BCUT2D eigenvalue weighted by Gasteiger charge is -2.33. The van der Waals surface area contributed by atoms with Crippen LogP contribution in [0.3, 0.4) is 0 Å². The Hall–Kier alpha value is -1.30. The van der Waals surface area contributed by atoms with Crippen LogP contribution in [0.4, 0.5) is 4.79 Å². The normalized spacial score (nSPS) is 30.9. The zero-order valence-corrected chi connectivity index (χ0v) is 11.6. The van der Waals surface area contributed by atoms with Crippen molar-refractivity contribution in [2.75, 3.05) is 26.3 Å². The molecule has 2 heterocycles. The molecule has 0 saturated carbocycles. The number of hydrogen-bond acceptors (Lipinski definition) is 4. The number of fused-ring (bicyclic) bond motifs is 1. The van der Waals surface area contributed by atoms with Gasteiger partial charge in [0.15, 0.2) is 0 Å². The lowest BCUT2D eigenvalue weighted by atomic mass is 9.74. The summed E-state index contributed by atoms with van der Waals surface area (Å²) >= 11 is 0. The number of rotatable bonds is 1. The third-order valence-electron chi connectivity index (χ3n) is 3.78. The van der Waals surface area contributed by atoms with Crippen molar-refractivity contribution in [1.82, 2.24) is 4.90 Å². The first-order valence-corrected chi connectivity index (χ1v) is 6.54. The summed E-state index contributed by atoms with van der Waals surface area (Å²) in [4.78, 5) is 25.1. The zero-order chi connectivity index (χ0) is 14.3. The number of carbonyl (C=O) groups is 2. The van der Waals surface area contributed by atoms with E-state index in [2.05, 4.69) is 0 Å². The summed E-state index contributed by atoms with van der Waals surface area (Å²) in [5, 5.41) is 9.50. The second-order valence-electron chi connectivity index (χ2n) is 6.34. The molecule has 0 radical (unpaired) electrons. The minimum atomic E-state index is -0.866. The van der Waals surface area contributed by atoms with Crippen molar-refractivity contribution in [2.24, 2.45) is 11.3 Å². The standard InChI is InChI=1S/C13H21NO5/c1-12(2,3)19-11(17)14-6-9-7-18-5-4-13(9,8-14)10(15)16/h9H,4-8H2,1-3H3,(H,15,16). The monoisotopic (exact) mass is 271 g/mol. The first-order valence-electron chi connectivity index (χ1n) is 6.54. The van der Waals surface area contributed by atoms with E-state index in [9.17, 15) is 14.7 Å². The molecule has 0 aliphatic carbocycles. The Bertz CT molecular complexity index is 389. The molecule has 2 unspecified atom stereocenters. The summed E-state index contributed by atoms with van der Waals surface area (Å²) in [6, 6.07) is 0. The van der Waals surface area contributed by atoms with Gasteiger partial charge in [0, 0.05) is 25.6 Å². The predicted octanol–water partition coefficient (Wildman–Crippen LogP) is 1.34. The van der Waals surface area contributed by atoms with Crippen LogP contribution in [0.25, 0.3) is 0 Å². The molecule has 2 rings (SSSR count). The molecule has 2 fully saturated rings. The third-order valence-corrected chi connectivity index (χ3v) is 3.78. The number of carboxylic acid groups (broad SMARTS) is 1. The van der Waals surface area contributed by atoms with E-state index in [1.165, 1.54) is 4.90 Å². The summed E-state index contributed by atoms with van der Waals surface area (Å²) in [6.07, 6.45) is 0.00859. The van der Waals surface area contributed by atoms with Gasteiger partial charge in [-0.1, -0.05) is 0 Å². The van der Waals surface area contributed by atoms with E-state index in [0.29, 0.717) is 26.2 Å². The average Bonchev–Trinajstić information content (AvgIpc) is 2.67. The van der Waals surface area contributed by atoms with Crippen LogP contribution in [-0.4, -0.2) is 54.0 Å². The minimum absolute atomic E-state index is 0.147. The number of amides is 1. The van der Waals surface area contributed by atoms with E-state index in [1.807, 2.05) is 0 Å². The highest BCUT2D eigenvalue weighted by molar-refractivity contribution is 5.78. The Morgan fingerprint density at radius 3 is 2.63 bits per heavy atom. The van der Waals surface area contributed by atoms with Gasteiger partial charge in [-0.2, -0.15) is 0 Å². The number of nitrogens with zero attached hydrogens (tertiary/aromatic N) is 1. The van der Waals surface area contributed by atoms with Gasteiger partial charge >= 0.3 is 12.1 Å². The van der Waals surface area contributed by atoms with Crippen molar-refractivity contribution >= 4 is 12.1 Å². The van der Waals surface area contributed by atoms with E-state index >= 15 is 0 Å². The fourth-order valence-corrected chi connectivity index (χ4v) is 2.77. The second-order valence-corrected chi connectivity index (χ2v) is 6.34. The van der Waals surface area contributed by atoms with Gasteiger partial charge in [0.05, 0.1) is 12.0 Å². The van der Waals surface area contributed by atoms with Crippen LogP contribution in [0.5, 0.6) is 0 Å². The van der Waals surface area contributed by atoms with Crippen molar-refractivity contribution in [3.8, 4) is 0 Å². The van der Waals surface area contributed by atoms with Gasteiger partial charge in [0.25, 0.3) is 0 Å². The average molecular weight is 271 g/mol. The molecule has 0 bridgehead atoms. The maximum atomic E-state index is 12.0. The van der Waals surface area contributed by atoms with Crippen LogP contribution in [0.1, 0.15) is 27.2 Å². The lowest BCUT2D eigenvalue weighted by molar-refractivity contribution is -0.157. The number of carbonyl (C=O) groups excluding carboxylic acids is 1. The summed E-state index contributed by atoms with van der Waals surface area (Å²) in [6.45, 7) is 6.82. The number of aliphatic carboxylic acids is 1. The molecular weight excluding hydrogens is 250 g/mol. The number of ether oxygens (including phenoxy) is 2. The number of carboxylic acids is 1. The molecule has 19 heavy (non-hydrogen) atoms. The van der Waals surface area contributed by atoms with Crippen LogP contribution in [0, 0.1) is 11.3 Å². The summed E-state index contributed by atoms with van der Waals surface area (Å²) < 4.78 is 10.7. The Morgan fingerprint density at radius 1 is 1.42 bits per heavy atom. The molecule has 2 saturated heterocycles. The van der Waals surface area contributed by atoms with E-state index in [-0.39, 0.29) is 12.5 Å². The fourth-order valence-electron chi connectivity index (χ4n) is 2.77. The third kappa shape index (κ3) is 2.68. The summed E-state index contributed by atoms with van der Waals surface area (Å²) in [7, 11) is 0. The van der Waals surface area contributed by atoms with Gasteiger partial charge in [-0.3, -0.25) is 4.79 Å². The fraction of sp³-hybridized carbons (Fsp3) is 0.846. The number of hydrogen-bond donors (Lipinski definition) is 1. The molecule has 6 heteroatoms. The number of likely N-dealkylation sites (tertiary alicyclic amines) is 1. The molecule has 0 spiro atoms. The smallest absolute Gasteiger partial charge is 0.410 e. The molecule has 108 valence electrons. The second kappa shape index (κ2) is 4.67. The first-order chi connectivity index (χ1) is 8.74. The van der Waals surface area contributed by atoms with Crippen LogP contribution in [-0.2, 0) is 14.3 Å². The van der Waals surface area contributed by atoms with Crippen molar-refractivity contribution in [1.29, 1.82) is 0 Å². The molecule has 0 aromatic carbocycles. The van der Waals surface area contributed by atoms with Crippen molar-refractivity contribution < 1.29 is 24.2 Å². The van der Waals surface area contributed by atoms with Crippen LogP contribution >= 0.6 is 0 Å². The Kier molecular flexibility index (Phi) is 3.47. The van der Waals surface area contributed by atoms with Crippen LogP contribution in [0.15, 0.2) is 0 Å². The van der Waals surface area contributed by atoms with E-state index in [4.69, 9.17) is 9.47 Å². The van der Waals surface area contributed by atoms with Crippen molar-refractivity contribution in [3.05, 3.63) is 0 Å². The van der Waals surface area contributed by atoms with Gasteiger partial charge in [-0.15, -0.1) is 0 Å². The van der Waals surface area contributed by atoms with E-state index in [1.54, 1.807) is 20.8 Å². The van der Waals surface area contributed by atoms with Gasteiger partial charge in [-0.25, -0.2) is 4.79 Å². The lowest BCUT2D eigenvalue weighted by Crippen LogP contribution is -2.45. The highest BCUT2D eigenvalue weighted by Crippen LogP contribution is 2.42. The Labute approximate surface area is 112 Å². The summed E-state index contributed by atoms with van der Waals surface area (Å²) in [5.41, 5.74) is -1.44. The Balaban J connectivity index is 2.11. The molecule has 2 aliphatic rings. The highest BCUT2D eigenvalue weighted by atomic mass is 16.6. The molecule has 2 atom stereocenters. The van der Waals surface area contributed by atoms with Gasteiger partial charge < -0.3 is 19.5 Å². The zero-order valence-electron chi connectivity index (χ0n) is 11.6. The van der Waals surface area contributed by atoms with Gasteiger partial charge in [-0.05, 0) is 27.2 Å². The summed E-state index contributed by atoms with van der Waals surface area (Å²) in [5.74, 6) is -0.988. The minimum Gasteiger partial charge on any atom is -0.481 e. The highest BCUT2D eigenvalue weighted by Gasteiger charge is 2.55. The van der Waals surface area contributed by atoms with Gasteiger partial charge in [0.1, 0.15) is 5.60 Å². The molecular formula is C13H21NO5. The molecule has 1 amide bonds. The van der Waals surface area contributed by atoms with Crippen molar-refractivity contribution in [3.63, 3.8) is 0 Å². The first kappa shape index (κ1) is 14.1. The Morgan fingerprint density at radius 2 is 2.11 bits per heavy atom. The van der Waals surface area contributed by atoms with Crippen LogP contribution in [0.2, 0.25) is 0 Å². The maximum absolute atomic E-state index is 12.0. The van der Waals surface area contributed by atoms with Gasteiger partial charge in [0.2, 0.25) is 0 Å². The van der Waals surface area contributed by atoms with E-state index in [0.717, 1.165) is 0 Å². The molecule has 0 aromatic heterocycles.